The molecule has 0 aliphatic rings. The van der Waals surface area contributed by atoms with E-state index >= 15 is 0 Å². The van der Waals surface area contributed by atoms with Crippen molar-refractivity contribution in [2.45, 2.75) is 46.5 Å². The van der Waals surface area contributed by atoms with Gasteiger partial charge in [0.2, 0.25) is 5.78 Å². The van der Waals surface area contributed by atoms with E-state index in [4.69, 9.17) is 4.42 Å². The lowest BCUT2D eigenvalue weighted by Gasteiger charge is -2.22. The summed E-state index contributed by atoms with van der Waals surface area (Å²) < 4.78 is 5.18. The maximum Gasteiger partial charge on any atom is 0.202 e. The second-order valence-corrected chi connectivity index (χ2v) is 6.42. The molecule has 0 N–H and O–H groups in total. The Kier molecular flexibility index (Phi) is 3.85. The van der Waals surface area contributed by atoms with Gasteiger partial charge >= 0.3 is 0 Å². The van der Waals surface area contributed by atoms with E-state index in [1.54, 1.807) is 12.1 Å². The van der Waals surface area contributed by atoms with Gasteiger partial charge in [-0.3, -0.25) is 4.79 Å². The molecule has 0 aliphatic carbocycles. The van der Waals surface area contributed by atoms with Gasteiger partial charge in [-0.25, -0.2) is 0 Å². The first kappa shape index (κ1) is 14.6. The minimum Gasteiger partial charge on any atom is -0.461 e. The average Bonchev–Trinajstić information content (AvgIpc) is 2.85. The quantitative estimate of drug-likeness (QED) is 0.762. The predicted octanol–water partition coefficient (Wildman–Crippen LogP) is 4.62. The fourth-order valence-electron chi connectivity index (χ4n) is 2.39. The molecule has 1 aromatic carbocycles. The van der Waals surface area contributed by atoms with Crippen LogP contribution in [0.2, 0.25) is 0 Å². The Morgan fingerprint density at radius 3 is 2.20 bits per heavy atom. The smallest absolute Gasteiger partial charge is 0.202 e. The molecule has 1 heterocycles. The van der Waals surface area contributed by atoms with Gasteiger partial charge in [0.05, 0.1) is 6.26 Å². The number of furan rings is 1. The van der Waals surface area contributed by atoms with Crippen LogP contribution in [-0.4, -0.2) is 5.78 Å². The summed E-state index contributed by atoms with van der Waals surface area (Å²) in [6, 6.07) is 7.85. The molecule has 0 saturated heterocycles. The standard InChI is InChI=1S/C18H22O2/c1-12-9-14(18(3,4)5)10-13(2)15(12)11-16(19)17-7-6-8-20-17/h6-10H,11H2,1-5H3. The Labute approximate surface area is 120 Å². The highest BCUT2D eigenvalue weighted by molar-refractivity contribution is 5.95. The van der Waals surface area contributed by atoms with Crippen LogP contribution in [0.1, 0.15) is 53.6 Å². The second kappa shape index (κ2) is 5.28. The summed E-state index contributed by atoms with van der Waals surface area (Å²) in [4.78, 5) is 12.2. The fourth-order valence-corrected chi connectivity index (χ4v) is 2.39. The molecular weight excluding hydrogens is 248 g/mol. The molecule has 1 aromatic heterocycles. The summed E-state index contributed by atoms with van der Waals surface area (Å²) >= 11 is 0. The molecule has 2 nitrogen and oxygen atoms in total. The molecule has 0 aliphatic heterocycles. The molecule has 0 spiro atoms. The van der Waals surface area contributed by atoms with Crippen LogP contribution in [0.4, 0.5) is 0 Å². The molecule has 0 bridgehead atoms. The first-order chi connectivity index (χ1) is 9.29. The number of rotatable bonds is 3. The summed E-state index contributed by atoms with van der Waals surface area (Å²) in [5, 5.41) is 0. The van der Waals surface area contributed by atoms with E-state index < -0.39 is 0 Å². The van der Waals surface area contributed by atoms with Gasteiger partial charge in [-0.05, 0) is 53.6 Å². The van der Waals surface area contributed by atoms with Gasteiger partial charge in [-0.15, -0.1) is 0 Å². The van der Waals surface area contributed by atoms with Crippen LogP contribution < -0.4 is 0 Å². The molecule has 20 heavy (non-hydrogen) atoms. The van der Waals surface area contributed by atoms with Crippen molar-refractivity contribution in [3.05, 3.63) is 58.5 Å². The van der Waals surface area contributed by atoms with Crippen molar-refractivity contribution < 1.29 is 9.21 Å². The minimum absolute atomic E-state index is 0.0321. The summed E-state index contributed by atoms with van der Waals surface area (Å²) in [5.41, 5.74) is 4.89. The predicted molar refractivity (Wildman–Crippen MR) is 81.4 cm³/mol. The first-order valence-electron chi connectivity index (χ1n) is 6.96. The van der Waals surface area contributed by atoms with Crippen LogP contribution in [0.25, 0.3) is 0 Å². The first-order valence-corrected chi connectivity index (χ1v) is 6.96. The van der Waals surface area contributed by atoms with Crippen molar-refractivity contribution in [2.75, 3.05) is 0 Å². The number of ketones is 1. The maximum atomic E-state index is 12.2. The van der Waals surface area contributed by atoms with E-state index in [9.17, 15) is 4.79 Å². The van der Waals surface area contributed by atoms with E-state index in [1.165, 1.54) is 23.0 Å². The number of hydrogen-bond acceptors (Lipinski definition) is 2. The third-order valence-corrected chi connectivity index (χ3v) is 3.70. The zero-order valence-corrected chi connectivity index (χ0v) is 12.9. The van der Waals surface area contributed by atoms with Crippen LogP contribution in [-0.2, 0) is 11.8 Å². The number of hydrogen-bond donors (Lipinski definition) is 0. The van der Waals surface area contributed by atoms with Crippen LogP contribution in [0.3, 0.4) is 0 Å². The van der Waals surface area contributed by atoms with Crippen LogP contribution in [0.15, 0.2) is 34.9 Å². The highest BCUT2D eigenvalue weighted by Crippen LogP contribution is 2.27. The number of aryl methyl sites for hydroxylation is 2. The summed E-state index contributed by atoms with van der Waals surface area (Å²) in [6.07, 6.45) is 1.94. The highest BCUT2D eigenvalue weighted by atomic mass is 16.3. The highest BCUT2D eigenvalue weighted by Gasteiger charge is 2.18. The van der Waals surface area contributed by atoms with Crippen molar-refractivity contribution in [1.82, 2.24) is 0 Å². The fraction of sp³-hybridized carbons (Fsp3) is 0.389. The Balaban J connectivity index is 2.32. The molecule has 0 fully saturated rings. The van der Waals surface area contributed by atoms with Gasteiger partial charge in [-0.1, -0.05) is 32.9 Å². The van der Waals surface area contributed by atoms with Gasteiger partial charge in [0.1, 0.15) is 0 Å². The van der Waals surface area contributed by atoms with Gasteiger partial charge in [0.15, 0.2) is 5.76 Å². The third-order valence-electron chi connectivity index (χ3n) is 3.70. The number of carbonyl (C=O) groups is 1. The summed E-state index contributed by atoms with van der Waals surface area (Å²) in [5.74, 6) is 0.466. The molecule has 0 amide bonds. The van der Waals surface area contributed by atoms with Crippen LogP contribution in [0.5, 0.6) is 0 Å². The third kappa shape index (κ3) is 3.01. The lowest BCUT2D eigenvalue weighted by atomic mass is 9.83. The van der Waals surface area contributed by atoms with Gasteiger partial charge < -0.3 is 4.42 Å². The molecule has 2 aromatic rings. The number of benzene rings is 1. The Hall–Kier alpha value is -1.83. The SMILES string of the molecule is Cc1cc(C(C)(C)C)cc(C)c1CC(=O)c1ccco1. The van der Waals surface area contributed by atoms with Crippen LogP contribution in [0, 0.1) is 13.8 Å². The molecule has 106 valence electrons. The number of Topliss-reactive ketones (excluding diaryl/α,β-unsaturated/α-hetero) is 1. The van der Waals surface area contributed by atoms with Crippen molar-refractivity contribution >= 4 is 5.78 Å². The molecule has 2 heteroatoms. The largest absolute Gasteiger partial charge is 0.461 e. The monoisotopic (exact) mass is 270 g/mol. The second-order valence-electron chi connectivity index (χ2n) is 6.42. The normalized spacial score (nSPS) is 11.7. The zero-order chi connectivity index (χ0) is 14.9. The van der Waals surface area contributed by atoms with E-state index in [0.717, 1.165) is 5.56 Å². The van der Waals surface area contributed by atoms with Crippen molar-refractivity contribution in [1.29, 1.82) is 0 Å². The van der Waals surface area contributed by atoms with Crippen LogP contribution >= 0.6 is 0 Å². The van der Waals surface area contributed by atoms with Crippen molar-refractivity contribution in [3.63, 3.8) is 0 Å². The Morgan fingerprint density at radius 1 is 1.15 bits per heavy atom. The lowest BCUT2D eigenvalue weighted by Crippen LogP contribution is -2.13. The van der Waals surface area contributed by atoms with Gasteiger partial charge in [-0.2, -0.15) is 0 Å². The lowest BCUT2D eigenvalue weighted by molar-refractivity contribution is 0.0966. The average molecular weight is 270 g/mol. The molecule has 0 atom stereocenters. The zero-order valence-electron chi connectivity index (χ0n) is 12.9. The van der Waals surface area contributed by atoms with Crippen molar-refractivity contribution in [2.24, 2.45) is 0 Å². The van der Waals surface area contributed by atoms with E-state index in [1.807, 2.05) is 0 Å². The van der Waals surface area contributed by atoms with E-state index in [-0.39, 0.29) is 11.2 Å². The van der Waals surface area contributed by atoms with Crippen molar-refractivity contribution in [3.8, 4) is 0 Å². The molecule has 0 saturated carbocycles. The molecule has 2 rings (SSSR count). The minimum atomic E-state index is 0.0321. The molecular formula is C18H22O2. The van der Waals surface area contributed by atoms with E-state index in [0.29, 0.717) is 12.2 Å². The Bertz CT molecular complexity index is 590. The molecule has 0 unspecified atom stereocenters. The number of carbonyl (C=O) groups excluding carboxylic acids is 1. The maximum absolute atomic E-state index is 12.2. The topological polar surface area (TPSA) is 30.2 Å². The van der Waals surface area contributed by atoms with Gasteiger partial charge in [0.25, 0.3) is 0 Å². The summed E-state index contributed by atoms with van der Waals surface area (Å²) in [7, 11) is 0. The summed E-state index contributed by atoms with van der Waals surface area (Å²) in [6.45, 7) is 10.8. The van der Waals surface area contributed by atoms with Gasteiger partial charge in [0, 0.05) is 6.42 Å². The Morgan fingerprint density at radius 2 is 1.75 bits per heavy atom. The molecule has 0 radical (unpaired) electrons. The van der Waals surface area contributed by atoms with E-state index in [2.05, 4.69) is 46.8 Å².